The van der Waals surface area contributed by atoms with E-state index in [4.69, 9.17) is 4.74 Å². The van der Waals surface area contributed by atoms with Gasteiger partial charge in [-0.05, 0) is 18.4 Å². The molecule has 2 aliphatic heterocycles. The van der Waals surface area contributed by atoms with Crippen molar-refractivity contribution in [2.45, 2.75) is 6.42 Å². The normalized spacial score (nSPS) is 21.6. The Morgan fingerprint density at radius 3 is 2.80 bits per heavy atom. The molecule has 25 heavy (non-hydrogen) atoms. The Labute approximate surface area is 150 Å². The van der Waals surface area contributed by atoms with Gasteiger partial charge >= 0.3 is 0 Å². The highest BCUT2D eigenvalue weighted by Crippen LogP contribution is 2.25. The van der Waals surface area contributed by atoms with E-state index in [0.717, 1.165) is 52.4 Å². The Morgan fingerprint density at radius 2 is 2.00 bits per heavy atom. The van der Waals surface area contributed by atoms with Gasteiger partial charge in [0.05, 0.1) is 19.4 Å². The van der Waals surface area contributed by atoms with Crippen LogP contribution in [-0.4, -0.2) is 76.6 Å². The summed E-state index contributed by atoms with van der Waals surface area (Å²) in [5, 5.41) is 0.688. The predicted octanol–water partition coefficient (Wildman–Crippen LogP) is 1.39. The molecule has 1 unspecified atom stereocenters. The van der Waals surface area contributed by atoms with Gasteiger partial charge in [0.15, 0.2) is 10.8 Å². The summed E-state index contributed by atoms with van der Waals surface area (Å²) in [6.07, 6.45) is 6.08. The highest BCUT2D eigenvalue weighted by atomic mass is 32.1. The summed E-state index contributed by atoms with van der Waals surface area (Å²) in [4.78, 5) is 30.5. The van der Waals surface area contributed by atoms with Crippen LogP contribution in [0, 0.1) is 5.92 Å². The summed E-state index contributed by atoms with van der Waals surface area (Å²) in [6.45, 7) is 6.34. The quantitative estimate of drug-likeness (QED) is 0.822. The third-order valence-electron chi connectivity index (χ3n) is 4.67. The van der Waals surface area contributed by atoms with E-state index < -0.39 is 0 Å². The molecule has 132 valence electrons. The van der Waals surface area contributed by atoms with E-state index in [0.29, 0.717) is 21.6 Å². The molecule has 8 heteroatoms. The molecule has 0 aliphatic carbocycles. The lowest BCUT2D eigenvalue weighted by atomic mass is 10.1. The average molecular weight is 359 g/mol. The minimum atomic E-state index is 0.0733. The van der Waals surface area contributed by atoms with Crippen LogP contribution in [0.15, 0.2) is 24.7 Å². The van der Waals surface area contributed by atoms with E-state index in [1.165, 1.54) is 11.3 Å². The maximum Gasteiger partial charge on any atom is 0.265 e. The second-order valence-corrected chi connectivity index (χ2v) is 7.45. The van der Waals surface area contributed by atoms with Crippen molar-refractivity contribution < 1.29 is 9.53 Å². The van der Waals surface area contributed by atoms with Crippen LogP contribution in [0.3, 0.4) is 0 Å². The van der Waals surface area contributed by atoms with E-state index in [1.807, 2.05) is 4.90 Å². The van der Waals surface area contributed by atoms with Gasteiger partial charge in [0, 0.05) is 45.1 Å². The molecule has 2 aromatic heterocycles. The van der Waals surface area contributed by atoms with Gasteiger partial charge in [0.25, 0.3) is 5.91 Å². The van der Waals surface area contributed by atoms with Gasteiger partial charge in [0.1, 0.15) is 4.88 Å². The minimum absolute atomic E-state index is 0.0733. The largest absolute Gasteiger partial charge is 0.379 e. The van der Waals surface area contributed by atoms with E-state index >= 15 is 0 Å². The number of morpholine rings is 1. The van der Waals surface area contributed by atoms with E-state index in [2.05, 4.69) is 19.9 Å². The number of hydrogen-bond acceptors (Lipinski definition) is 7. The second-order valence-electron chi connectivity index (χ2n) is 6.42. The highest BCUT2D eigenvalue weighted by Gasteiger charge is 2.29. The summed E-state index contributed by atoms with van der Waals surface area (Å²) in [7, 11) is 0. The average Bonchev–Trinajstić information content (AvgIpc) is 3.33. The van der Waals surface area contributed by atoms with Gasteiger partial charge in [-0.1, -0.05) is 0 Å². The molecule has 7 nitrogen and oxygen atoms in total. The van der Waals surface area contributed by atoms with Crippen LogP contribution in [-0.2, 0) is 4.74 Å². The van der Waals surface area contributed by atoms with Gasteiger partial charge in [-0.3, -0.25) is 9.69 Å². The lowest BCUT2D eigenvalue weighted by molar-refractivity contribution is 0.0310. The molecule has 4 heterocycles. The molecule has 0 spiro atoms. The smallest absolute Gasteiger partial charge is 0.265 e. The van der Waals surface area contributed by atoms with Crippen LogP contribution in [0.5, 0.6) is 0 Å². The van der Waals surface area contributed by atoms with Crippen molar-refractivity contribution in [1.29, 1.82) is 0 Å². The Morgan fingerprint density at radius 1 is 1.20 bits per heavy atom. The maximum absolute atomic E-state index is 12.8. The standard InChI is InChI=1S/C17H21N5O2S/c23-17(14-10-20-16(25-14)15-18-3-1-4-19-15)22-5-2-13(12-22)11-21-6-8-24-9-7-21/h1,3-4,10,13H,2,5-9,11-12H2. The lowest BCUT2D eigenvalue weighted by Gasteiger charge is -2.28. The molecule has 0 radical (unpaired) electrons. The van der Waals surface area contributed by atoms with Crippen LogP contribution in [0.1, 0.15) is 16.1 Å². The van der Waals surface area contributed by atoms with Crippen LogP contribution in [0.4, 0.5) is 0 Å². The van der Waals surface area contributed by atoms with Crippen molar-refractivity contribution >= 4 is 17.2 Å². The van der Waals surface area contributed by atoms with Crippen molar-refractivity contribution in [2.24, 2.45) is 5.92 Å². The maximum atomic E-state index is 12.8. The predicted molar refractivity (Wildman–Crippen MR) is 94.4 cm³/mol. The molecule has 0 saturated carbocycles. The van der Waals surface area contributed by atoms with Crippen molar-refractivity contribution in [3.63, 3.8) is 0 Å². The number of thiazole rings is 1. The van der Waals surface area contributed by atoms with Gasteiger partial charge in [-0.2, -0.15) is 0 Å². The first-order valence-corrected chi connectivity index (χ1v) is 9.44. The van der Waals surface area contributed by atoms with E-state index in [-0.39, 0.29) is 5.91 Å². The number of ether oxygens (including phenoxy) is 1. The summed E-state index contributed by atoms with van der Waals surface area (Å²) in [6, 6.07) is 1.77. The summed E-state index contributed by atoms with van der Waals surface area (Å²) < 4.78 is 5.40. The van der Waals surface area contributed by atoms with E-state index in [1.54, 1.807) is 24.7 Å². The number of rotatable bonds is 4. The third-order valence-corrected chi connectivity index (χ3v) is 5.65. The molecule has 2 fully saturated rings. The number of amides is 1. The number of aromatic nitrogens is 3. The van der Waals surface area contributed by atoms with E-state index in [9.17, 15) is 4.79 Å². The van der Waals surface area contributed by atoms with Crippen molar-refractivity contribution in [1.82, 2.24) is 24.8 Å². The molecule has 1 amide bonds. The molecule has 0 N–H and O–H groups in total. The van der Waals surface area contributed by atoms with Gasteiger partial charge in [-0.25, -0.2) is 15.0 Å². The van der Waals surface area contributed by atoms with Crippen LogP contribution in [0.2, 0.25) is 0 Å². The molecule has 0 aromatic carbocycles. The Bertz CT molecular complexity index is 717. The second kappa shape index (κ2) is 7.55. The number of carbonyl (C=O) groups is 1. The fraction of sp³-hybridized carbons (Fsp3) is 0.529. The molecule has 0 bridgehead atoms. The van der Waals surface area contributed by atoms with Crippen molar-refractivity contribution in [3.05, 3.63) is 29.5 Å². The van der Waals surface area contributed by atoms with Gasteiger partial charge in [-0.15, -0.1) is 11.3 Å². The molecule has 2 aliphatic rings. The highest BCUT2D eigenvalue weighted by molar-refractivity contribution is 7.16. The minimum Gasteiger partial charge on any atom is -0.379 e. The Balaban J connectivity index is 1.36. The molecule has 2 saturated heterocycles. The molecule has 4 rings (SSSR count). The Kier molecular flexibility index (Phi) is 5.00. The van der Waals surface area contributed by atoms with Gasteiger partial charge < -0.3 is 9.64 Å². The van der Waals surface area contributed by atoms with Gasteiger partial charge in [0.2, 0.25) is 0 Å². The molecular weight excluding hydrogens is 338 g/mol. The zero-order valence-corrected chi connectivity index (χ0v) is 14.8. The zero-order valence-electron chi connectivity index (χ0n) is 14.0. The topological polar surface area (TPSA) is 71.5 Å². The van der Waals surface area contributed by atoms with Crippen LogP contribution in [0.25, 0.3) is 10.8 Å². The summed E-state index contributed by atoms with van der Waals surface area (Å²) in [5.74, 6) is 1.19. The SMILES string of the molecule is O=C(c1cnc(-c2ncccn2)s1)N1CCC(CN2CCOCC2)C1. The van der Waals surface area contributed by atoms with Crippen molar-refractivity contribution in [2.75, 3.05) is 45.9 Å². The zero-order chi connectivity index (χ0) is 17.1. The number of hydrogen-bond donors (Lipinski definition) is 0. The lowest BCUT2D eigenvalue weighted by Crippen LogP contribution is -2.40. The Hall–Kier alpha value is -1.90. The number of carbonyl (C=O) groups excluding carboxylic acids is 1. The third kappa shape index (κ3) is 3.86. The first kappa shape index (κ1) is 16.6. The monoisotopic (exact) mass is 359 g/mol. The fourth-order valence-corrected chi connectivity index (χ4v) is 4.19. The fourth-order valence-electron chi connectivity index (χ4n) is 3.36. The van der Waals surface area contributed by atoms with Crippen LogP contribution >= 0.6 is 11.3 Å². The molecule has 1 atom stereocenters. The first-order valence-electron chi connectivity index (χ1n) is 8.62. The molecule has 2 aromatic rings. The number of nitrogens with zero attached hydrogens (tertiary/aromatic N) is 5. The molecular formula is C17H21N5O2S. The first-order chi connectivity index (χ1) is 12.3. The van der Waals surface area contributed by atoms with Crippen molar-refractivity contribution in [3.8, 4) is 10.8 Å². The summed E-state index contributed by atoms with van der Waals surface area (Å²) >= 11 is 1.36. The summed E-state index contributed by atoms with van der Waals surface area (Å²) in [5.41, 5.74) is 0. The van der Waals surface area contributed by atoms with Crippen LogP contribution < -0.4 is 0 Å². The number of likely N-dealkylation sites (tertiary alicyclic amines) is 1.